The molecule has 8 aliphatic rings. The predicted molar refractivity (Wildman–Crippen MR) is 533 cm³/mol. The molecular formula is C112H139ClN10O14. The number of H-pyrrole nitrogens is 1. The van der Waals surface area contributed by atoms with Gasteiger partial charge in [0.1, 0.15) is 30.8 Å². The Kier molecular flexibility index (Phi) is 35.3. The molecule has 24 nitrogen and oxygen atoms in total. The molecule has 0 radical (unpaired) electrons. The molecule has 2 spiro atoms. The Labute approximate surface area is 811 Å². The molecule has 4 aromatic heterocycles. The number of Topliss-reactive ketones (excluding diaryl/α,β-unsaturated/α-hetero) is 2. The number of ketones is 2. The molecule has 10 aromatic rings. The van der Waals surface area contributed by atoms with Crippen molar-refractivity contribution in [3.63, 3.8) is 0 Å². The van der Waals surface area contributed by atoms with E-state index in [0.29, 0.717) is 69.8 Å². The lowest BCUT2D eigenvalue weighted by atomic mass is 9.73. The average Bonchev–Trinajstić information content (AvgIpc) is 1.58. The molecule has 2 unspecified atom stereocenters. The molecule has 5 fully saturated rings. The van der Waals surface area contributed by atoms with Crippen LogP contribution in [0.25, 0.3) is 27.4 Å². The number of hydrogen-bond acceptors (Lipinski definition) is 18. The summed E-state index contributed by atoms with van der Waals surface area (Å²) in [6, 6.07) is 51.1. The highest BCUT2D eigenvalue weighted by Crippen LogP contribution is 2.49. The second kappa shape index (κ2) is 48.3. The van der Waals surface area contributed by atoms with Crippen LogP contribution < -0.4 is 25.4 Å². The molecule has 5 aliphatic carbocycles. The van der Waals surface area contributed by atoms with Crippen molar-refractivity contribution in [1.82, 2.24) is 50.9 Å². The maximum absolute atomic E-state index is 14.0. The molecule has 25 heteroatoms. The van der Waals surface area contributed by atoms with Gasteiger partial charge in [0.05, 0.1) is 48.9 Å². The van der Waals surface area contributed by atoms with E-state index in [1.807, 2.05) is 95.7 Å². The minimum Gasteiger partial charge on any atom is -0.492 e. The maximum Gasteiger partial charge on any atom is 0.409 e. The normalized spacial score (nSPS) is 18.2. The molecule has 18 rings (SSSR count). The number of aryl methyl sites for hydroxylation is 4. The number of nitrogens with one attached hydrogen (secondary N) is 4. The number of aromatic amines is 1. The van der Waals surface area contributed by atoms with Gasteiger partial charge in [-0.1, -0.05) is 235 Å². The van der Waals surface area contributed by atoms with Crippen molar-refractivity contribution in [3.05, 3.63) is 249 Å². The molecule has 7 atom stereocenters. The number of hydrogen-bond donors (Lipinski definition) is 6. The first-order valence-corrected chi connectivity index (χ1v) is 51.0. The molecule has 2 saturated carbocycles. The first kappa shape index (κ1) is 100. The van der Waals surface area contributed by atoms with E-state index < -0.39 is 30.0 Å². The molecule has 7 heterocycles. The highest BCUT2D eigenvalue weighted by Gasteiger charge is 2.46. The second-order valence-corrected chi connectivity index (χ2v) is 39.7. The average molecular weight is 1880 g/mol. The minimum atomic E-state index is -0.643. The number of ether oxygens (including phenoxy) is 3. The summed E-state index contributed by atoms with van der Waals surface area (Å²) in [5.41, 5.74) is 16.5. The van der Waals surface area contributed by atoms with Crippen LogP contribution in [0.3, 0.4) is 0 Å². The molecular weight excluding hydrogens is 1740 g/mol. The summed E-state index contributed by atoms with van der Waals surface area (Å²) < 4.78 is 26.9. The molecule has 3 aliphatic heterocycles. The van der Waals surface area contributed by atoms with Crippen LogP contribution in [0.2, 0.25) is 5.02 Å². The zero-order valence-corrected chi connectivity index (χ0v) is 81.3. The Morgan fingerprint density at radius 2 is 1.07 bits per heavy atom. The van der Waals surface area contributed by atoms with Gasteiger partial charge in [-0.3, -0.25) is 33.8 Å². The smallest absolute Gasteiger partial charge is 0.409 e. The summed E-state index contributed by atoms with van der Waals surface area (Å²) >= 11 is 6.27. The predicted octanol–water partition coefficient (Wildman–Crippen LogP) is 19.9. The number of pyridine rings is 1. The van der Waals surface area contributed by atoms with Gasteiger partial charge in [-0.05, 0) is 213 Å². The van der Waals surface area contributed by atoms with Crippen LogP contribution in [-0.2, 0) is 67.0 Å². The van der Waals surface area contributed by atoms with Crippen LogP contribution >= 0.6 is 11.6 Å². The van der Waals surface area contributed by atoms with Crippen LogP contribution in [0, 0.1) is 35.5 Å². The lowest BCUT2D eigenvalue weighted by Crippen LogP contribution is -2.49. The van der Waals surface area contributed by atoms with Crippen molar-refractivity contribution in [2.45, 2.75) is 250 Å². The van der Waals surface area contributed by atoms with E-state index in [-0.39, 0.29) is 102 Å². The number of likely N-dealkylation sites (tertiary alicyclic amines) is 3. The first-order valence-electron chi connectivity index (χ1n) is 50.7. The van der Waals surface area contributed by atoms with Crippen molar-refractivity contribution in [3.8, 4) is 11.5 Å². The number of fused-ring (bicyclic) bond motifs is 9. The summed E-state index contributed by atoms with van der Waals surface area (Å²) in [5.74, 6) is 1.13. The number of carbonyl (C=O) groups is 7. The zero-order chi connectivity index (χ0) is 95.8. The van der Waals surface area contributed by atoms with Crippen molar-refractivity contribution in [1.29, 1.82) is 0 Å². The first-order chi connectivity index (χ1) is 66.7. The van der Waals surface area contributed by atoms with E-state index in [0.717, 1.165) is 211 Å². The monoisotopic (exact) mass is 1880 g/mol. The van der Waals surface area contributed by atoms with Gasteiger partial charge in [-0.2, -0.15) is 0 Å². The summed E-state index contributed by atoms with van der Waals surface area (Å²) in [5, 5.41) is 38.8. The summed E-state index contributed by atoms with van der Waals surface area (Å²) in [6.07, 6.45) is 30.6. The number of aromatic nitrogens is 4. The fourth-order valence-electron chi connectivity index (χ4n) is 22.4. The second-order valence-electron chi connectivity index (χ2n) is 39.2. The highest BCUT2D eigenvalue weighted by atomic mass is 35.5. The van der Waals surface area contributed by atoms with Gasteiger partial charge in [-0.15, -0.1) is 0 Å². The SMILES string of the molecule is CCC(C)[C@H](CC(=O)[C@H](CC1CCCCC1)NC(=O)c1ccno1)C(=O)N1CCC2(CCc3ccccc32)CC1.CCOC(=O)N1CCC(=C2c3ccc(Cl)cc3CCc3cccnc32)CC1.CC[C@H](C)[C@H](CC(=O)[C@H](CC1CCCCC1)NC(=O)c1ccno1)C(=O)N1CCC2(CCc3ccccc32)CC1.OCc1ccccc1OCCNCC(O)COc1cccc2[nH]c3ccccc3c12. The van der Waals surface area contributed by atoms with Gasteiger partial charge in [0.2, 0.25) is 23.3 Å². The highest BCUT2D eigenvalue weighted by molar-refractivity contribution is 6.30. The number of rotatable bonds is 31. The Bertz CT molecular complexity index is 5530. The van der Waals surface area contributed by atoms with Crippen molar-refractivity contribution >= 4 is 80.3 Å². The molecule has 137 heavy (non-hydrogen) atoms. The van der Waals surface area contributed by atoms with Gasteiger partial charge in [0, 0.05) is 128 Å². The fourth-order valence-corrected chi connectivity index (χ4v) is 22.6. The lowest BCUT2D eigenvalue weighted by molar-refractivity contribution is -0.142. The van der Waals surface area contributed by atoms with E-state index in [9.17, 15) is 43.8 Å². The topological polar surface area (TPSA) is 314 Å². The Hall–Kier alpha value is -11.3. The minimum absolute atomic E-state index is 0.0460. The number of para-hydroxylation sites is 2. The number of nitrogens with zero attached hydrogens (tertiary/aromatic N) is 6. The van der Waals surface area contributed by atoms with E-state index in [1.165, 1.54) is 87.5 Å². The number of aliphatic hydroxyl groups is 2. The van der Waals surface area contributed by atoms with Crippen LogP contribution in [0.4, 0.5) is 4.79 Å². The Balaban J connectivity index is 0.000000140. The molecule has 5 amide bonds. The van der Waals surface area contributed by atoms with Crippen molar-refractivity contribution in [2.75, 3.05) is 72.2 Å². The van der Waals surface area contributed by atoms with E-state index in [4.69, 9.17) is 39.8 Å². The number of aliphatic hydroxyl groups excluding tert-OH is 2. The van der Waals surface area contributed by atoms with Crippen LogP contribution in [0.5, 0.6) is 11.5 Å². The van der Waals surface area contributed by atoms with E-state index >= 15 is 0 Å². The number of carbonyl (C=O) groups excluding carboxylic acids is 7. The number of halogens is 1. The number of amides is 5. The summed E-state index contributed by atoms with van der Waals surface area (Å²) in [7, 11) is 0. The largest absolute Gasteiger partial charge is 0.492 e. The molecule has 728 valence electrons. The Morgan fingerprint density at radius 3 is 1.62 bits per heavy atom. The van der Waals surface area contributed by atoms with Gasteiger partial charge in [0.15, 0.2) is 11.6 Å². The van der Waals surface area contributed by atoms with Gasteiger partial charge in [-0.25, -0.2) is 4.79 Å². The fraction of sp³-hybridized carbons (Fsp3) is 0.500. The zero-order valence-electron chi connectivity index (χ0n) is 80.6. The maximum atomic E-state index is 14.0. The third-order valence-corrected chi connectivity index (χ3v) is 31.0. The standard InChI is InChI=1S/2C33H45N3O4.C24H26N2O4.C22H23ClN2O2/c2*1-3-23(2)26(32(39)36-19-16-33(17-20-36)15-13-25-11-7-8-12-27(25)33)22-29(37)28(21-24-9-5-4-6-10-24)35-31(38)30-14-18-34-40-30;27-15-17-6-1-4-10-22(17)29-13-12-25-14-18(28)16-30-23-11-5-9-21-24(23)19-7-2-3-8-20(19)26-21;1-2-27-22(26)25-12-9-15(10-13-25)20-19-8-7-18(23)14-17(19)6-5-16-4-3-11-24-21(16)20/h2*7-8,11-12,14,18,23-24,26,28H,3-6,9-10,13,15-17,19-22H2,1-2H3,(H,35,38);1-11,18,25-28H,12-16H2;3-4,7-8,11,14H,2,5-6,9-10,12-13H2,1H3/t23?,26-,28-;23-,26-,28-;;/m00../s1. The van der Waals surface area contributed by atoms with Crippen LogP contribution in [0.1, 0.15) is 260 Å². The van der Waals surface area contributed by atoms with Crippen molar-refractivity contribution in [2.24, 2.45) is 35.5 Å². The quantitative estimate of drug-likeness (QED) is 0.0220. The summed E-state index contributed by atoms with van der Waals surface area (Å²) in [4.78, 5) is 107. The van der Waals surface area contributed by atoms with E-state index in [1.54, 1.807) is 4.90 Å². The Morgan fingerprint density at radius 1 is 0.540 bits per heavy atom. The van der Waals surface area contributed by atoms with Crippen LogP contribution in [-0.4, -0.2) is 177 Å². The lowest BCUT2D eigenvalue weighted by Gasteiger charge is -2.42. The van der Waals surface area contributed by atoms with Gasteiger partial charge in [0.25, 0.3) is 11.8 Å². The molecule has 6 N–H and O–H groups in total. The third-order valence-electron chi connectivity index (χ3n) is 30.8. The van der Waals surface area contributed by atoms with E-state index in [2.05, 4.69) is 132 Å². The van der Waals surface area contributed by atoms with Crippen LogP contribution in [0.15, 0.2) is 191 Å². The molecule has 6 aromatic carbocycles. The third kappa shape index (κ3) is 25.1. The molecule has 0 bridgehead atoms. The summed E-state index contributed by atoms with van der Waals surface area (Å²) in [6.45, 7) is 16.5. The van der Waals surface area contributed by atoms with Crippen molar-refractivity contribution < 1.29 is 67.0 Å². The van der Waals surface area contributed by atoms with Gasteiger partial charge < -0.3 is 69.1 Å². The molecule has 3 saturated heterocycles. The number of benzene rings is 6. The van der Waals surface area contributed by atoms with Gasteiger partial charge >= 0.3 is 6.09 Å². The number of piperidine rings is 3.